The highest BCUT2D eigenvalue weighted by atomic mass is 35.5. The third kappa shape index (κ3) is 1.60. The molecular weight excluding hydrogens is 242 g/mol. The number of furan rings is 1. The van der Waals surface area contributed by atoms with Crippen molar-refractivity contribution in [2.45, 2.75) is 6.54 Å². The molecule has 2 N–H and O–H groups in total. The van der Waals surface area contributed by atoms with Gasteiger partial charge in [0, 0.05) is 5.39 Å². The van der Waals surface area contributed by atoms with E-state index in [-0.39, 0.29) is 6.54 Å². The Morgan fingerprint density at radius 2 is 2.18 bits per heavy atom. The van der Waals surface area contributed by atoms with Crippen molar-refractivity contribution < 1.29 is 8.94 Å². The number of hydrogen-bond donors (Lipinski definition) is 1. The molecule has 2 heterocycles. The van der Waals surface area contributed by atoms with Gasteiger partial charge in [-0.2, -0.15) is 4.98 Å². The van der Waals surface area contributed by atoms with Crippen molar-refractivity contribution in [1.29, 1.82) is 0 Å². The maximum atomic E-state index is 6.15. The summed E-state index contributed by atoms with van der Waals surface area (Å²) in [5.74, 6) is 0.791. The van der Waals surface area contributed by atoms with Gasteiger partial charge in [-0.15, -0.1) is 0 Å². The highest BCUT2D eigenvalue weighted by molar-refractivity contribution is 6.34. The maximum absolute atomic E-state index is 6.15. The van der Waals surface area contributed by atoms with Gasteiger partial charge in [-0.3, -0.25) is 0 Å². The van der Waals surface area contributed by atoms with E-state index in [2.05, 4.69) is 10.1 Å². The first-order valence-corrected chi connectivity index (χ1v) is 5.36. The van der Waals surface area contributed by atoms with Gasteiger partial charge < -0.3 is 14.7 Å². The fourth-order valence-corrected chi connectivity index (χ4v) is 1.93. The van der Waals surface area contributed by atoms with Crippen LogP contribution in [0.3, 0.4) is 0 Å². The van der Waals surface area contributed by atoms with Gasteiger partial charge in [-0.25, -0.2) is 0 Å². The van der Waals surface area contributed by atoms with Crippen LogP contribution in [0.25, 0.3) is 22.4 Å². The number of nitrogens with two attached hydrogens (primary N) is 1. The zero-order valence-electron chi connectivity index (χ0n) is 8.68. The Morgan fingerprint density at radius 1 is 1.29 bits per heavy atom. The summed E-state index contributed by atoms with van der Waals surface area (Å²) in [6.07, 6.45) is 1.59. The van der Waals surface area contributed by atoms with Gasteiger partial charge in [0.05, 0.1) is 23.4 Å². The van der Waals surface area contributed by atoms with E-state index in [1.165, 1.54) is 0 Å². The van der Waals surface area contributed by atoms with E-state index in [9.17, 15) is 0 Å². The predicted molar refractivity (Wildman–Crippen MR) is 62.4 cm³/mol. The van der Waals surface area contributed by atoms with Crippen LogP contribution in [0.2, 0.25) is 5.02 Å². The summed E-state index contributed by atoms with van der Waals surface area (Å²) in [7, 11) is 0. The molecule has 0 amide bonds. The summed E-state index contributed by atoms with van der Waals surface area (Å²) >= 11 is 6.15. The van der Waals surface area contributed by atoms with Crippen LogP contribution in [0.4, 0.5) is 0 Å². The summed E-state index contributed by atoms with van der Waals surface area (Å²) in [4.78, 5) is 4.16. The molecule has 17 heavy (non-hydrogen) atoms. The van der Waals surface area contributed by atoms with E-state index in [0.717, 1.165) is 11.0 Å². The van der Waals surface area contributed by atoms with E-state index in [1.54, 1.807) is 18.4 Å². The van der Waals surface area contributed by atoms with Gasteiger partial charge in [0.25, 0.3) is 0 Å². The number of rotatable bonds is 2. The van der Waals surface area contributed by atoms with Crippen LogP contribution in [-0.2, 0) is 6.54 Å². The lowest BCUT2D eigenvalue weighted by atomic mass is 10.1. The van der Waals surface area contributed by atoms with E-state index in [0.29, 0.717) is 22.3 Å². The first-order chi connectivity index (χ1) is 8.29. The Bertz CT molecular complexity index is 674. The molecule has 2 aromatic heterocycles. The Labute approximate surface area is 101 Å². The van der Waals surface area contributed by atoms with Gasteiger partial charge in [-0.05, 0) is 18.2 Å². The molecule has 3 rings (SSSR count). The van der Waals surface area contributed by atoms with E-state index in [4.69, 9.17) is 26.3 Å². The number of aromatic nitrogens is 2. The molecule has 86 valence electrons. The largest absolute Gasteiger partial charge is 0.464 e. The minimum absolute atomic E-state index is 0.200. The second-order valence-electron chi connectivity index (χ2n) is 3.47. The number of hydrogen-bond acceptors (Lipinski definition) is 5. The molecule has 5 nitrogen and oxygen atoms in total. The lowest BCUT2D eigenvalue weighted by Gasteiger charge is -1.99. The van der Waals surface area contributed by atoms with Crippen molar-refractivity contribution in [1.82, 2.24) is 10.1 Å². The number of benzene rings is 1. The average Bonchev–Trinajstić information content (AvgIpc) is 2.96. The highest BCUT2D eigenvalue weighted by Gasteiger charge is 2.15. The average molecular weight is 250 g/mol. The Hall–Kier alpha value is -1.85. The molecule has 0 atom stereocenters. The van der Waals surface area contributed by atoms with Crippen LogP contribution in [0.5, 0.6) is 0 Å². The molecule has 0 spiro atoms. The molecule has 0 aliphatic heterocycles. The molecule has 0 saturated heterocycles. The van der Waals surface area contributed by atoms with Crippen LogP contribution in [0.15, 0.2) is 33.4 Å². The molecule has 3 aromatic rings. The van der Waals surface area contributed by atoms with Gasteiger partial charge in [-0.1, -0.05) is 16.8 Å². The third-order valence-electron chi connectivity index (χ3n) is 2.45. The van der Waals surface area contributed by atoms with Crippen molar-refractivity contribution in [3.8, 4) is 11.4 Å². The third-order valence-corrected chi connectivity index (χ3v) is 2.77. The normalized spacial score (nSPS) is 11.2. The second kappa shape index (κ2) is 3.87. The summed E-state index contributed by atoms with van der Waals surface area (Å²) < 4.78 is 10.3. The number of halogens is 1. The highest BCUT2D eigenvalue weighted by Crippen LogP contribution is 2.34. The van der Waals surface area contributed by atoms with Crippen molar-refractivity contribution in [3.05, 3.63) is 35.4 Å². The Balaban J connectivity index is 2.27. The molecular formula is C11H8ClN3O2. The SMILES string of the molecule is NCc1nc(-c2c(Cl)ccc3occc23)no1. The van der Waals surface area contributed by atoms with E-state index >= 15 is 0 Å². The van der Waals surface area contributed by atoms with Crippen molar-refractivity contribution in [3.63, 3.8) is 0 Å². The molecule has 6 heteroatoms. The summed E-state index contributed by atoms with van der Waals surface area (Å²) in [5.41, 5.74) is 6.85. The fraction of sp³-hybridized carbons (Fsp3) is 0.0909. The molecule has 0 bridgehead atoms. The van der Waals surface area contributed by atoms with Gasteiger partial charge >= 0.3 is 0 Å². The molecule has 0 fully saturated rings. The van der Waals surface area contributed by atoms with Crippen LogP contribution in [0.1, 0.15) is 5.89 Å². The molecule has 0 aliphatic carbocycles. The number of fused-ring (bicyclic) bond motifs is 1. The smallest absolute Gasteiger partial charge is 0.240 e. The monoisotopic (exact) mass is 249 g/mol. The topological polar surface area (TPSA) is 78.1 Å². The fourth-order valence-electron chi connectivity index (χ4n) is 1.68. The van der Waals surface area contributed by atoms with E-state index < -0.39 is 0 Å². The molecule has 0 radical (unpaired) electrons. The van der Waals surface area contributed by atoms with Crippen molar-refractivity contribution >= 4 is 22.6 Å². The zero-order valence-corrected chi connectivity index (χ0v) is 9.44. The quantitative estimate of drug-likeness (QED) is 0.755. The van der Waals surface area contributed by atoms with Crippen LogP contribution in [-0.4, -0.2) is 10.1 Å². The maximum Gasteiger partial charge on any atom is 0.240 e. The van der Waals surface area contributed by atoms with Crippen molar-refractivity contribution in [2.24, 2.45) is 5.73 Å². The molecule has 0 saturated carbocycles. The first kappa shape index (κ1) is 10.3. The minimum atomic E-state index is 0.200. The van der Waals surface area contributed by atoms with Gasteiger partial charge in [0.1, 0.15) is 5.58 Å². The summed E-state index contributed by atoms with van der Waals surface area (Å²) in [5, 5.41) is 5.25. The number of nitrogens with zero attached hydrogens (tertiary/aromatic N) is 2. The molecule has 1 aromatic carbocycles. The summed E-state index contributed by atoms with van der Waals surface area (Å²) in [6, 6.07) is 5.35. The zero-order chi connectivity index (χ0) is 11.8. The predicted octanol–water partition coefficient (Wildman–Crippen LogP) is 2.59. The molecule has 0 unspecified atom stereocenters. The Kier molecular flexibility index (Phi) is 2.35. The van der Waals surface area contributed by atoms with Crippen LogP contribution >= 0.6 is 11.6 Å². The second-order valence-corrected chi connectivity index (χ2v) is 3.88. The standard InChI is InChI=1S/C11H8ClN3O2/c12-7-1-2-8-6(3-4-16-8)10(7)11-14-9(5-13)17-15-11/h1-4H,5,13H2. The van der Waals surface area contributed by atoms with Gasteiger partial charge in [0.2, 0.25) is 11.7 Å². The minimum Gasteiger partial charge on any atom is -0.464 e. The summed E-state index contributed by atoms with van der Waals surface area (Å²) in [6.45, 7) is 0.200. The van der Waals surface area contributed by atoms with Crippen LogP contribution < -0.4 is 5.73 Å². The van der Waals surface area contributed by atoms with Crippen LogP contribution in [0, 0.1) is 0 Å². The van der Waals surface area contributed by atoms with Crippen molar-refractivity contribution in [2.75, 3.05) is 0 Å². The first-order valence-electron chi connectivity index (χ1n) is 4.98. The lowest BCUT2D eigenvalue weighted by Crippen LogP contribution is -1.95. The lowest BCUT2D eigenvalue weighted by molar-refractivity contribution is 0.380. The Morgan fingerprint density at radius 3 is 2.94 bits per heavy atom. The molecule has 0 aliphatic rings. The van der Waals surface area contributed by atoms with Gasteiger partial charge in [0.15, 0.2) is 0 Å². The van der Waals surface area contributed by atoms with E-state index in [1.807, 2.05) is 6.07 Å².